The molecule has 2 N–H and O–H groups in total. The van der Waals surface area contributed by atoms with Crippen LogP contribution in [0.15, 0.2) is 24.5 Å². The first kappa shape index (κ1) is 23.2. The number of ether oxygens (including phenoxy) is 1. The summed E-state index contributed by atoms with van der Waals surface area (Å²) < 4.78 is 7.89. The summed E-state index contributed by atoms with van der Waals surface area (Å²) in [4.78, 5) is 24.1. The lowest BCUT2D eigenvalue weighted by Gasteiger charge is -2.42. The summed E-state index contributed by atoms with van der Waals surface area (Å²) in [5.41, 5.74) is 3.08. The standard InChI is InChI=1S/C27H37N9O/c1-2-8-27(9-3-1)10-11-28-26-31-22-19-30-25(33-24(22)36(26)27)32-23-5-4-21(18-29-23)34-12-6-20(7-13-34)35-14-16-37-17-15-35/h4-5,18-20H,1-3,6-17H2,(H,28,31)(H,29,30,32,33). The van der Waals surface area contributed by atoms with Crippen LogP contribution in [0.2, 0.25) is 0 Å². The molecule has 1 saturated carbocycles. The molecule has 3 aromatic heterocycles. The van der Waals surface area contributed by atoms with Crippen LogP contribution in [0.4, 0.5) is 23.4 Å². The number of anilines is 4. The van der Waals surface area contributed by atoms with Gasteiger partial charge in [-0.1, -0.05) is 19.3 Å². The Morgan fingerprint density at radius 2 is 1.76 bits per heavy atom. The van der Waals surface area contributed by atoms with Crippen molar-refractivity contribution in [3.05, 3.63) is 24.5 Å². The number of fused-ring (bicyclic) bond motifs is 4. The lowest BCUT2D eigenvalue weighted by Crippen LogP contribution is -2.49. The maximum Gasteiger partial charge on any atom is 0.230 e. The third-order valence-corrected chi connectivity index (χ3v) is 8.91. The predicted molar refractivity (Wildman–Crippen MR) is 145 cm³/mol. The van der Waals surface area contributed by atoms with Crippen LogP contribution >= 0.6 is 0 Å². The first-order valence-corrected chi connectivity index (χ1v) is 14.1. The fourth-order valence-electron chi connectivity index (χ4n) is 6.90. The molecule has 3 fully saturated rings. The molecule has 37 heavy (non-hydrogen) atoms. The average molecular weight is 504 g/mol. The molecule has 0 aromatic carbocycles. The number of piperidine rings is 1. The van der Waals surface area contributed by atoms with E-state index in [0.29, 0.717) is 12.0 Å². The second kappa shape index (κ2) is 9.72. The zero-order valence-electron chi connectivity index (χ0n) is 21.5. The fraction of sp³-hybridized carbons (Fsp3) is 0.630. The maximum absolute atomic E-state index is 5.52. The quantitative estimate of drug-likeness (QED) is 0.552. The number of aromatic nitrogens is 5. The number of hydrogen-bond acceptors (Lipinski definition) is 9. The van der Waals surface area contributed by atoms with Gasteiger partial charge in [0.25, 0.3) is 0 Å². The summed E-state index contributed by atoms with van der Waals surface area (Å²) in [7, 11) is 0. The van der Waals surface area contributed by atoms with Crippen LogP contribution < -0.4 is 15.5 Å². The number of rotatable bonds is 4. The molecule has 196 valence electrons. The van der Waals surface area contributed by atoms with Crippen molar-refractivity contribution in [2.24, 2.45) is 0 Å². The number of imidazole rings is 1. The minimum Gasteiger partial charge on any atom is -0.379 e. The minimum absolute atomic E-state index is 0.133. The monoisotopic (exact) mass is 503 g/mol. The molecule has 4 aliphatic rings. The molecule has 10 nitrogen and oxygen atoms in total. The summed E-state index contributed by atoms with van der Waals surface area (Å²) in [6.07, 6.45) is 13.6. The Morgan fingerprint density at radius 3 is 2.54 bits per heavy atom. The average Bonchev–Trinajstić information content (AvgIpc) is 3.34. The van der Waals surface area contributed by atoms with Crippen LogP contribution in [0.25, 0.3) is 11.2 Å². The van der Waals surface area contributed by atoms with Crippen molar-refractivity contribution in [1.82, 2.24) is 29.4 Å². The second-order valence-corrected chi connectivity index (χ2v) is 11.0. The summed E-state index contributed by atoms with van der Waals surface area (Å²) in [6.45, 7) is 6.99. The highest BCUT2D eigenvalue weighted by atomic mass is 16.5. The van der Waals surface area contributed by atoms with Crippen LogP contribution in [-0.4, -0.2) is 81.4 Å². The van der Waals surface area contributed by atoms with Gasteiger partial charge < -0.3 is 20.3 Å². The number of morpholine rings is 1. The smallest absolute Gasteiger partial charge is 0.230 e. The molecule has 0 bridgehead atoms. The van der Waals surface area contributed by atoms with Gasteiger partial charge in [0, 0.05) is 38.8 Å². The summed E-state index contributed by atoms with van der Waals surface area (Å²) in [6, 6.07) is 4.87. The molecule has 7 rings (SSSR count). The molecule has 6 heterocycles. The Morgan fingerprint density at radius 1 is 0.919 bits per heavy atom. The fourth-order valence-corrected chi connectivity index (χ4v) is 6.90. The van der Waals surface area contributed by atoms with Crippen molar-refractivity contribution in [3.63, 3.8) is 0 Å². The molecule has 0 atom stereocenters. The lowest BCUT2D eigenvalue weighted by atomic mass is 9.78. The van der Waals surface area contributed by atoms with E-state index in [9.17, 15) is 0 Å². The summed E-state index contributed by atoms with van der Waals surface area (Å²) in [5.74, 6) is 2.27. The molecule has 3 aliphatic heterocycles. The first-order valence-electron chi connectivity index (χ1n) is 14.1. The molecule has 1 aliphatic carbocycles. The maximum atomic E-state index is 5.52. The van der Waals surface area contributed by atoms with Crippen molar-refractivity contribution < 1.29 is 4.74 Å². The van der Waals surface area contributed by atoms with Crippen LogP contribution in [0, 0.1) is 0 Å². The largest absolute Gasteiger partial charge is 0.379 e. The van der Waals surface area contributed by atoms with Gasteiger partial charge >= 0.3 is 0 Å². The van der Waals surface area contributed by atoms with Crippen LogP contribution in [0.3, 0.4) is 0 Å². The molecule has 0 unspecified atom stereocenters. The summed E-state index contributed by atoms with van der Waals surface area (Å²) in [5, 5.41) is 6.82. The van der Waals surface area contributed by atoms with E-state index in [4.69, 9.17) is 19.7 Å². The molecule has 10 heteroatoms. The van der Waals surface area contributed by atoms with E-state index in [-0.39, 0.29) is 5.54 Å². The molecule has 0 radical (unpaired) electrons. The predicted octanol–water partition coefficient (Wildman–Crippen LogP) is 3.74. The van der Waals surface area contributed by atoms with Gasteiger partial charge in [0.1, 0.15) is 11.3 Å². The molecular weight excluding hydrogens is 466 g/mol. The van der Waals surface area contributed by atoms with Gasteiger partial charge in [0.05, 0.1) is 36.8 Å². The lowest BCUT2D eigenvalue weighted by molar-refractivity contribution is 0.0115. The van der Waals surface area contributed by atoms with Crippen LogP contribution in [0.5, 0.6) is 0 Å². The SMILES string of the molecule is c1cc(Nc2ncc3nc4n(c3n2)C2(CCCCC2)CCN4)ncc1N1CCC(N2CCOCC2)CC1. The molecular formula is C27H37N9O. The molecule has 2 saturated heterocycles. The number of pyridine rings is 1. The van der Waals surface area contributed by atoms with Crippen molar-refractivity contribution in [2.75, 3.05) is 61.5 Å². The zero-order chi connectivity index (χ0) is 24.7. The highest BCUT2D eigenvalue weighted by molar-refractivity contribution is 5.76. The minimum atomic E-state index is 0.133. The number of nitrogens with zero attached hydrogens (tertiary/aromatic N) is 7. The van der Waals surface area contributed by atoms with Crippen LogP contribution in [-0.2, 0) is 10.3 Å². The number of hydrogen-bond donors (Lipinski definition) is 2. The van der Waals surface area contributed by atoms with Crippen LogP contribution in [0.1, 0.15) is 51.4 Å². The van der Waals surface area contributed by atoms with Gasteiger partial charge in [-0.15, -0.1) is 0 Å². The van der Waals surface area contributed by atoms with Gasteiger partial charge in [0.15, 0.2) is 5.65 Å². The topological polar surface area (TPSA) is 96.3 Å². The van der Waals surface area contributed by atoms with E-state index in [1.807, 2.05) is 18.5 Å². The van der Waals surface area contributed by atoms with Crippen molar-refractivity contribution >= 4 is 34.6 Å². The van der Waals surface area contributed by atoms with Gasteiger partial charge in [-0.3, -0.25) is 9.47 Å². The Labute approximate surface area is 217 Å². The number of nitrogens with one attached hydrogen (secondary N) is 2. The summed E-state index contributed by atoms with van der Waals surface area (Å²) >= 11 is 0. The van der Waals surface area contributed by atoms with Gasteiger partial charge in [0.2, 0.25) is 11.9 Å². The molecule has 3 aromatic rings. The van der Waals surface area contributed by atoms with E-state index in [1.165, 1.54) is 50.6 Å². The highest BCUT2D eigenvalue weighted by Gasteiger charge is 2.39. The van der Waals surface area contributed by atoms with Gasteiger partial charge in [-0.25, -0.2) is 15.0 Å². The highest BCUT2D eigenvalue weighted by Crippen LogP contribution is 2.43. The van der Waals surface area contributed by atoms with Gasteiger partial charge in [-0.05, 0) is 44.2 Å². The Balaban J connectivity index is 1.05. The zero-order valence-corrected chi connectivity index (χ0v) is 21.5. The van der Waals surface area contributed by atoms with E-state index >= 15 is 0 Å². The van der Waals surface area contributed by atoms with E-state index in [2.05, 4.69) is 36.1 Å². The van der Waals surface area contributed by atoms with E-state index < -0.39 is 0 Å². The van der Waals surface area contributed by atoms with Gasteiger partial charge in [-0.2, -0.15) is 4.98 Å². The Kier molecular flexibility index (Phi) is 6.08. The first-order chi connectivity index (χ1) is 18.3. The van der Waals surface area contributed by atoms with Crippen molar-refractivity contribution in [1.29, 1.82) is 0 Å². The second-order valence-electron chi connectivity index (χ2n) is 11.0. The Hall–Kier alpha value is -2.98. The molecule has 0 amide bonds. The molecule has 1 spiro atoms. The van der Waals surface area contributed by atoms with E-state index in [1.54, 1.807) is 0 Å². The van der Waals surface area contributed by atoms with E-state index in [0.717, 1.165) is 75.3 Å². The third-order valence-electron chi connectivity index (χ3n) is 8.91. The normalized spacial score (nSPS) is 22.6. The van der Waals surface area contributed by atoms with Crippen molar-refractivity contribution in [3.8, 4) is 0 Å². The Bertz CT molecular complexity index is 1220. The third kappa shape index (κ3) is 4.40. The van der Waals surface area contributed by atoms with Crippen molar-refractivity contribution in [2.45, 2.75) is 62.9 Å².